The molecule has 0 atom stereocenters. The van der Waals surface area contributed by atoms with Gasteiger partial charge in [-0.3, -0.25) is 4.79 Å². The number of nitrogens with one attached hydrogen (secondary N) is 2. The second-order valence-corrected chi connectivity index (χ2v) is 5.30. The van der Waals surface area contributed by atoms with Crippen LogP contribution in [0.3, 0.4) is 0 Å². The number of hydrogen-bond donors (Lipinski definition) is 2. The maximum atomic E-state index is 12.0. The molecular formula is C17H22N4O. The molecule has 2 aromatic rings. The van der Waals surface area contributed by atoms with E-state index in [9.17, 15) is 4.79 Å². The number of amides is 1. The Bertz CT molecular complexity index is 604. The van der Waals surface area contributed by atoms with Crippen molar-refractivity contribution in [3.8, 4) is 0 Å². The number of carbonyl (C=O) groups is 1. The van der Waals surface area contributed by atoms with Gasteiger partial charge in [0.2, 0.25) is 5.91 Å². The van der Waals surface area contributed by atoms with E-state index in [0.717, 1.165) is 18.5 Å². The third-order valence-corrected chi connectivity index (χ3v) is 3.60. The number of hydrogen-bond acceptors (Lipinski definition) is 4. The Labute approximate surface area is 131 Å². The van der Waals surface area contributed by atoms with Crippen molar-refractivity contribution in [1.82, 2.24) is 10.2 Å². The molecule has 116 valence electrons. The molecule has 0 fully saturated rings. The van der Waals surface area contributed by atoms with Crippen molar-refractivity contribution >= 4 is 23.2 Å². The summed E-state index contributed by atoms with van der Waals surface area (Å²) in [5, 5.41) is 14.1. The molecule has 1 aromatic heterocycles. The molecule has 1 heterocycles. The van der Waals surface area contributed by atoms with Gasteiger partial charge in [0.05, 0.1) is 0 Å². The summed E-state index contributed by atoms with van der Waals surface area (Å²) in [5.41, 5.74) is 2.16. The van der Waals surface area contributed by atoms with Crippen LogP contribution in [0.2, 0.25) is 0 Å². The number of anilines is 3. The summed E-state index contributed by atoms with van der Waals surface area (Å²) in [7, 11) is 0. The normalized spacial score (nSPS) is 10.5. The summed E-state index contributed by atoms with van der Waals surface area (Å²) in [5.74, 6) is 1.14. The molecule has 2 rings (SSSR count). The number of nitrogens with zero attached hydrogens (tertiary/aromatic N) is 2. The monoisotopic (exact) mass is 298 g/mol. The van der Waals surface area contributed by atoms with Gasteiger partial charge in [-0.2, -0.15) is 0 Å². The Morgan fingerprint density at radius 1 is 1.00 bits per heavy atom. The number of rotatable bonds is 6. The second-order valence-electron chi connectivity index (χ2n) is 5.30. The highest BCUT2D eigenvalue weighted by molar-refractivity contribution is 5.91. The molecule has 0 aliphatic carbocycles. The van der Waals surface area contributed by atoms with E-state index in [-0.39, 0.29) is 11.8 Å². The lowest BCUT2D eigenvalue weighted by atomic mass is 10.0. The highest BCUT2D eigenvalue weighted by atomic mass is 16.1. The molecule has 5 heteroatoms. The first kappa shape index (κ1) is 15.9. The van der Waals surface area contributed by atoms with Gasteiger partial charge in [0.25, 0.3) is 0 Å². The van der Waals surface area contributed by atoms with Crippen LogP contribution in [0.4, 0.5) is 17.3 Å². The molecule has 0 saturated heterocycles. The molecule has 0 radical (unpaired) electrons. The van der Waals surface area contributed by atoms with Gasteiger partial charge in [-0.1, -0.05) is 31.5 Å². The van der Waals surface area contributed by atoms with Gasteiger partial charge >= 0.3 is 0 Å². The number of carbonyl (C=O) groups excluding carboxylic acids is 1. The van der Waals surface area contributed by atoms with Gasteiger partial charge in [0.1, 0.15) is 0 Å². The highest BCUT2D eigenvalue weighted by Gasteiger charge is 2.14. The van der Waals surface area contributed by atoms with Crippen LogP contribution in [0.5, 0.6) is 0 Å². The first-order valence-corrected chi connectivity index (χ1v) is 7.60. The molecule has 0 unspecified atom stereocenters. The fourth-order valence-corrected chi connectivity index (χ4v) is 2.14. The van der Waals surface area contributed by atoms with Crippen molar-refractivity contribution in [3.63, 3.8) is 0 Å². The lowest BCUT2D eigenvalue weighted by molar-refractivity contribution is -0.120. The number of benzene rings is 1. The predicted octanol–water partition coefficient (Wildman–Crippen LogP) is 3.90. The zero-order valence-corrected chi connectivity index (χ0v) is 13.3. The van der Waals surface area contributed by atoms with Crippen molar-refractivity contribution in [3.05, 3.63) is 42.0 Å². The zero-order valence-electron chi connectivity index (χ0n) is 13.3. The Balaban J connectivity index is 1.98. The van der Waals surface area contributed by atoms with Crippen molar-refractivity contribution in [2.45, 2.75) is 33.6 Å². The van der Waals surface area contributed by atoms with Crippen LogP contribution < -0.4 is 10.6 Å². The van der Waals surface area contributed by atoms with E-state index >= 15 is 0 Å². The van der Waals surface area contributed by atoms with Crippen LogP contribution >= 0.6 is 0 Å². The minimum Gasteiger partial charge on any atom is -0.339 e. The third-order valence-electron chi connectivity index (χ3n) is 3.60. The lowest BCUT2D eigenvalue weighted by Gasteiger charge is -2.12. The number of aryl methyl sites for hydroxylation is 1. The Morgan fingerprint density at radius 3 is 2.14 bits per heavy atom. The molecule has 0 aliphatic rings. The van der Waals surface area contributed by atoms with Crippen LogP contribution in [-0.4, -0.2) is 16.1 Å². The van der Waals surface area contributed by atoms with Gasteiger partial charge in [-0.15, -0.1) is 10.2 Å². The van der Waals surface area contributed by atoms with E-state index in [1.807, 2.05) is 45.0 Å². The fourth-order valence-electron chi connectivity index (χ4n) is 2.14. The van der Waals surface area contributed by atoms with Gasteiger partial charge in [-0.05, 0) is 44.0 Å². The first-order chi connectivity index (χ1) is 10.6. The molecule has 5 nitrogen and oxygen atoms in total. The quantitative estimate of drug-likeness (QED) is 0.848. The Morgan fingerprint density at radius 2 is 1.59 bits per heavy atom. The summed E-state index contributed by atoms with van der Waals surface area (Å²) >= 11 is 0. The van der Waals surface area contributed by atoms with Crippen LogP contribution in [-0.2, 0) is 4.79 Å². The lowest BCUT2D eigenvalue weighted by Crippen LogP contribution is -2.22. The summed E-state index contributed by atoms with van der Waals surface area (Å²) in [6, 6.07) is 11.6. The summed E-state index contributed by atoms with van der Waals surface area (Å²) < 4.78 is 0. The maximum Gasteiger partial charge on any atom is 0.228 e. The van der Waals surface area contributed by atoms with E-state index in [0.29, 0.717) is 11.6 Å². The molecule has 1 aromatic carbocycles. The Kier molecular flexibility index (Phi) is 5.47. The fraction of sp³-hybridized carbons (Fsp3) is 0.353. The zero-order chi connectivity index (χ0) is 15.9. The number of aromatic nitrogens is 2. The van der Waals surface area contributed by atoms with Crippen molar-refractivity contribution in [2.24, 2.45) is 5.92 Å². The molecular weight excluding hydrogens is 276 g/mol. The molecule has 2 N–H and O–H groups in total. The van der Waals surface area contributed by atoms with E-state index in [1.165, 1.54) is 5.56 Å². The molecule has 22 heavy (non-hydrogen) atoms. The SMILES string of the molecule is CCC(CC)C(=O)Nc1ccc(Nc2ccc(C)cc2)nn1. The van der Waals surface area contributed by atoms with Crippen LogP contribution in [0.15, 0.2) is 36.4 Å². The molecule has 0 saturated carbocycles. The molecule has 0 bridgehead atoms. The molecule has 0 spiro atoms. The Hall–Kier alpha value is -2.43. The minimum atomic E-state index is -0.00135. The van der Waals surface area contributed by atoms with Gasteiger partial charge in [0, 0.05) is 11.6 Å². The topological polar surface area (TPSA) is 66.9 Å². The van der Waals surface area contributed by atoms with Crippen LogP contribution in [0, 0.1) is 12.8 Å². The summed E-state index contributed by atoms with van der Waals surface area (Å²) in [6.45, 7) is 6.06. The van der Waals surface area contributed by atoms with Gasteiger partial charge in [0.15, 0.2) is 11.6 Å². The second kappa shape index (κ2) is 7.54. The minimum absolute atomic E-state index is 0.00135. The largest absolute Gasteiger partial charge is 0.339 e. The van der Waals surface area contributed by atoms with E-state index < -0.39 is 0 Å². The van der Waals surface area contributed by atoms with Crippen molar-refractivity contribution in [2.75, 3.05) is 10.6 Å². The average Bonchev–Trinajstić information content (AvgIpc) is 2.53. The first-order valence-electron chi connectivity index (χ1n) is 7.60. The predicted molar refractivity (Wildman–Crippen MR) is 89.2 cm³/mol. The van der Waals surface area contributed by atoms with Crippen molar-refractivity contribution in [1.29, 1.82) is 0 Å². The van der Waals surface area contributed by atoms with Crippen molar-refractivity contribution < 1.29 is 4.79 Å². The van der Waals surface area contributed by atoms with Gasteiger partial charge in [-0.25, -0.2) is 0 Å². The smallest absolute Gasteiger partial charge is 0.228 e. The molecule has 0 aliphatic heterocycles. The van der Waals surface area contributed by atoms with E-state index in [2.05, 4.69) is 20.8 Å². The maximum absolute atomic E-state index is 12.0. The van der Waals surface area contributed by atoms with E-state index in [4.69, 9.17) is 0 Å². The van der Waals surface area contributed by atoms with Gasteiger partial charge < -0.3 is 10.6 Å². The highest BCUT2D eigenvalue weighted by Crippen LogP contribution is 2.16. The molecule has 1 amide bonds. The summed E-state index contributed by atoms with van der Waals surface area (Å²) in [4.78, 5) is 12.0. The summed E-state index contributed by atoms with van der Waals surface area (Å²) in [6.07, 6.45) is 1.64. The average molecular weight is 298 g/mol. The van der Waals surface area contributed by atoms with E-state index in [1.54, 1.807) is 12.1 Å². The van der Waals surface area contributed by atoms with Crippen LogP contribution in [0.25, 0.3) is 0 Å². The van der Waals surface area contributed by atoms with Crippen LogP contribution in [0.1, 0.15) is 32.3 Å². The standard InChI is InChI=1S/C17H22N4O/c1-4-13(5-2)17(22)19-16-11-10-15(20-21-16)18-14-8-6-12(3)7-9-14/h6-11,13H,4-5H2,1-3H3,(H,18,20)(H,19,21,22). The third kappa shape index (κ3) is 4.28.